The number of amides is 1. The Hall–Kier alpha value is -2.97. The second kappa shape index (κ2) is 5.67. The van der Waals surface area contributed by atoms with Crippen LogP contribution in [0.5, 0.6) is 0 Å². The Bertz CT molecular complexity index is 785. The predicted molar refractivity (Wildman–Crippen MR) is 82.3 cm³/mol. The number of carbonyl (C=O) groups is 1. The topological polar surface area (TPSA) is 106 Å². The first kappa shape index (κ1) is 14.9. The molecule has 120 valence electrons. The molecule has 0 radical (unpaired) electrons. The van der Waals surface area contributed by atoms with Crippen molar-refractivity contribution in [2.24, 2.45) is 0 Å². The van der Waals surface area contributed by atoms with E-state index in [9.17, 15) is 14.9 Å². The number of nitrogens with zero attached hydrogens (tertiary/aromatic N) is 5. The number of nitro groups is 1. The van der Waals surface area contributed by atoms with Crippen molar-refractivity contribution in [2.45, 2.75) is 20.0 Å². The molecule has 1 aromatic heterocycles. The van der Waals surface area contributed by atoms with E-state index in [-0.39, 0.29) is 11.6 Å². The minimum Gasteiger partial charge on any atom is -0.367 e. The van der Waals surface area contributed by atoms with Crippen LogP contribution in [0.4, 0.5) is 11.4 Å². The predicted octanol–water partition coefficient (Wildman–Crippen LogP) is 0.875. The van der Waals surface area contributed by atoms with E-state index < -0.39 is 4.92 Å². The van der Waals surface area contributed by atoms with E-state index in [0.29, 0.717) is 36.8 Å². The van der Waals surface area contributed by atoms with Gasteiger partial charge in [-0.2, -0.15) is 0 Å². The van der Waals surface area contributed by atoms with Gasteiger partial charge in [0.05, 0.1) is 11.5 Å². The van der Waals surface area contributed by atoms with Crippen LogP contribution in [0.15, 0.2) is 18.2 Å². The number of aromatic nitrogens is 3. The molecular formula is C14H16N6O3. The van der Waals surface area contributed by atoms with Crippen LogP contribution in [0.25, 0.3) is 0 Å². The Morgan fingerprint density at radius 1 is 1.43 bits per heavy atom. The highest BCUT2D eigenvalue weighted by molar-refractivity contribution is 5.91. The van der Waals surface area contributed by atoms with Crippen LogP contribution in [0.1, 0.15) is 22.0 Å². The molecule has 23 heavy (non-hydrogen) atoms. The summed E-state index contributed by atoms with van der Waals surface area (Å²) in [6, 6.07) is 4.96. The van der Waals surface area contributed by atoms with Crippen molar-refractivity contribution in [1.29, 1.82) is 0 Å². The van der Waals surface area contributed by atoms with Gasteiger partial charge in [-0.15, -0.1) is 10.2 Å². The summed E-state index contributed by atoms with van der Waals surface area (Å²) in [5.74, 6) is 0.789. The summed E-state index contributed by atoms with van der Waals surface area (Å²) in [6.45, 7) is 3.35. The van der Waals surface area contributed by atoms with Crippen LogP contribution in [-0.2, 0) is 13.1 Å². The summed E-state index contributed by atoms with van der Waals surface area (Å²) in [4.78, 5) is 24.1. The highest BCUT2D eigenvalue weighted by Crippen LogP contribution is 2.24. The lowest BCUT2D eigenvalue weighted by Crippen LogP contribution is -2.36. The third kappa shape index (κ3) is 2.72. The van der Waals surface area contributed by atoms with E-state index in [2.05, 4.69) is 15.5 Å². The van der Waals surface area contributed by atoms with E-state index in [1.807, 2.05) is 11.9 Å². The standard InChI is InChI=1S/C14H16N6O3/c1-9-7-10(3-4-11(9)20(22)23)18(2)8-12-16-17-13-14(21)15-5-6-19(12)13/h3-4,7H,5-6,8H2,1-2H3,(H,15,21). The third-order valence-corrected chi connectivity index (χ3v) is 3.85. The van der Waals surface area contributed by atoms with Crippen molar-refractivity contribution < 1.29 is 9.72 Å². The van der Waals surface area contributed by atoms with Crippen molar-refractivity contribution in [3.63, 3.8) is 0 Å². The molecule has 0 unspecified atom stereocenters. The molecule has 1 N–H and O–H groups in total. The third-order valence-electron chi connectivity index (χ3n) is 3.85. The van der Waals surface area contributed by atoms with E-state index >= 15 is 0 Å². The average Bonchev–Trinajstić information content (AvgIpc) is 2.91. The monoisotopic (exact) mass is 316 g/mol. The Labute approximate surface area is 132 Å². The van der Waals surface area contributed by atoms with Gasteiger partial charge in [0.1, 0.15) is 0 Å². The number of carbonyl (C=O) groups excluding carboxylic acids is 1. The van der Waals surface area contributed by atoms with Gasteiger partial charge in [0.25, 0.3) is 11.6 Å². The van der Waals surface area contributed by atoms with Crippen molar-refractivity contribution in [3.05, 3.63) is 45.5 Å². The maximum Gasteiger partial charge on any atom is 0.289 e. The minimum atomic E-state index is -0.396. The maximum atomic E-state index is 11.7. The minimum absolute atomic E-state index is 0.0960. The lowest BCUT2D eigenvalue weighted by atomic mass is 10.1. The summed E-state index contributed by atoms with van der Waals surface area (Å²) in [6.07, 6.45) is 0. The molecule has 0 spiro atoms. The van der Waals surface area contributed by atoms with Gasteiger partial charge in [0, 0.05) is 37.5 Å². The first-order valence-corrected chi connectivity index (χ1v) is 7.14. The molecule has 3 rings (SSSR count). The Kier molecular flexibility index (Phi) is 3.68. The molecule has 1 aliphatic heterocycles. The lowest BCUT2D eigenvalue weighted by molar-refractivity contribution is -0.385. The van der Waals surface area contributed by atoms with Crippen LogP contribution in [0.3, 0.4) is 0 Å². The highest BCUT2D eigenvalue weighted by atomic mass is 16.6. The molecular weight excluding hydrogens is 300 g/mol. The van der Waals surface area contributed by atoms with Gasteiger partial charge < -0.3 is 14.8 Å². The summed E-state index contributed by atoms with van der Waals surface area (Å²) in [5.41, 5.74) is 1.53. The number of fused-ring (bicyclic) bond motifs is 1. The first-order valence-electron chi connectivity index (χ1n) is 7.14. The number of hydrogen-bond donors (Lipinski definition) is 1. The molecule has 1 amide bonds. The highest BCUT2D eigenvalue weighted by Gasteiger charge is 2.23. The molecule has 2 aromatic rings. The zero-order valence-electron chi connectivity index (χ0n) is 12.8. The fourth-order valence-electron chi connectivity index (χ4n) is 2.60. The average molecular weight is 316 g/mol. The van der Waals surface area contributed by atoms with Gasteiger partial charge in [-0.1, -0.05) is 0 Å². The Morgan fingerprint density at radius 3 is 2.91 bits per heavy atom. The molecule has 0 fully saturated rings. The number of aryl methyl sites for hydroxylation is 1. The van der Waals surface area contributed by atoms with Gasteiger partial charge in [-0.25, -0.2) is 0 Å². The number of nitrogens with one attached hydrogen (secondary N) is 1. The summed E-state index contributed by atoms with van der Waals surface area (Å²) in [5, 5.41) is 21.6. The second-order valence-electron chi connectivity index (χ2n) is 5.43. The molecule has 0 atom stereocenters. The van der Waals surface area contributed by atoms with Crippen molar-refractivity contribution in [3.8, 4) is 0 Å². The van der Waals surface area contributed by atoms with Crippen LogP contribution in [-0.4, -0.2) is 39.2 Å². The fourth-order valence-corrected chi connectivity index (χ4v) is 2.60. The summed E-state index contributed by atoms with van der Waals surface area (Å²) < 4.78 is 1.80. The molecule has 0 bridgehead atoms. The van der Waals surface area contributed by atoms with Crippen LogP contribution in [0, 0.1) is 17.0 Å². The second-order valence-corrected chi connectivity index (χ2v) is 5.43. The molecule has 0 saturated heterocycles. The number of hydrogen-bond acceptors (Lipinski definition) is 6. The number of anilines is 1. The van der Waals surface area contributed by atoms with Crippen molar-refractivity contribution in [1.82, 2.24) is 20.1 Å². The largest absolute Gasteiger partial charge is 0.367 e. The molecule has 0 aliphatic carbocycles. The number of benzene rings is 1. The zero-order chi connectivity index (χ0) is 16.6. The summed E-state index contributed by atoms with van der Waals surface area (Å²) in [7, 11) is 1.87. The van der Waals surface area contributed by atoms with Gasteiger partial charge in [0.2, 0.25) is 5.82 Å². The molecule has 9 heteroatoms. The van der Waals surface area contributed by atoms with Gasteiger partial charge in [0.15, 0.2) is 5.82 Å². The normalized spacial score (nSPS) is 13.4. The van der Waals surface area contributed by atoms with Crippen molar-refractivity contribution in [2.75, 3.05) is 18.5 Å². The van der Waals surface area contributed by atoms with Crippen molar-refractivity contribution >= 4 is 17.3 Å². The first-order chi connectivity index (χ1) is 11.0. The van der Waals surface area contributed by atoms with Gasteiger partial charge in [-0.3, -0.25) is 14.9 Å². The molecule has 0 saturated carbocycles. The number of rotatable bonds is 4. The van der Waals surface area contributed by atoms with Crippen LogP contribution >= 0.6 is 0 Å². The summed E-state index contributed by atoms with van der Waals surface area (Å²) >= 11 is 0. The maximum absolute atomic E-state index is 11.7. The Balaban J connectivity index is 1.82. The van der Waals surface area contributed by atoms with E-state index in [1.165, 1.54) is 6.07 Å². The molecule has 2 heterocycles. The molecule has 9 nitrogen and oxygen atoms in total. The molecule has 1 aliphatic rings. The van der Waals surface area contributed by atoms with E-state index in [0.717, 1.165) is 5.69 Å². The van der Waals surface area contributed by atoms with Crippen LogP contribution in [0.2, 0.25) is 0 Å². The van der Waals surface area contributed by atoms with E-state index in [4.69, 9.17) is 0 Å². The number of nitro benzene ring substituents is 1. The SMILES string of the molecule is Cc1cc(N(C)Cc2nnc3n2CCNC3=O)ccc1[N+](=O)[O-]. The van der Waals surface area contributed by atoms with E-state index in [1.54, 1.807) is 23.6 Å². The van der Waals surface area contributed by atoms with Gasteiger partial charge in [-0.05, 0) is 19.1 Å². The molecule has 1 aromatic carbocycles. The fraction of sp³-hybridized carbons (Fsp3) is 0.357. The Morgan fingerprint density at radius 2 is 2.22 bits per heavy atom. The van der Waals surface area contributed by atoms with Crippen LogP contribution < -0.4 is 10.2 Å². The van der Waals surface area contributed by atoms with Gasteiger partial charge >= 0.3 is 0 Å². The zero-order valence-corrected chi connectivity index (χ0v) is 12.8. The lowest BCUT2D eigenvalue weighted by Gasteiger charge is -2.21. The quantitative estimate of drug-likeness (QED) is 0.663. The smallest absolute Gasteiger partial charge is 0.289 e.